The number of hydrogen-bond donors (Lipinski definition) is 1. The van der Waals surface area contributed by atoms with Gasteiger partial charge in [-0.2, -0.15) is 0 Å². The van der Waals surface area contributed by atoms with Crippen molar-refractivity contribution in [3.05, 3.63) is 30.5 Å². The van der Waals surface area contributed by atoms with Crippen molar-refractivity contribution >= 4 is 16.9 Å². The molecule has 0 bridgehead atoms. The summed E-state index contributed by atoms with van der Waals surface area (Å²) in [5.74, 6) is -0.0490. The molecule has 1 atom stereocenters. The zero-order valence-electron chi connectivity index (χ0n) is 10.8. The number of aromatic nitrogens is 1. The largest absolute Gasteiger partial charge is 0.497 e. The third-order valence-electron chi connectivity index (χ3n) is 3.58. The first-order chi connectivity index (χ1) is 8.52. The molecule has 0 spiro atoms. The molecule has 0 aliphatic rings. The van der Waals surface area contributed by atoms with E-state index in [2.05, 4.69) is 0 Å². The number of carbonyl (C=O) groups is 1. The summed E-state index contributed by atoms with van der Waals surface area (Å²) < 4.78 is 6.97. The molecule has 1 unspecified atom stereocenters. The molecule has 0 saturated heterocycles. The fourth-order valence-corrected chi connectivity index (χ4v) is 2.10. The highest BCUT2D eigenvalue weighted by molar-refractivity contribution is 5.85. The molecule has 2 aromatic rings. The number of nitrogens with zero attached hydrogens (tertiary/aromatic N) is 1. The van der Waals surface area contributed by atoms with E-state index in [4.69, 9.17) is 4.74 Å². The van der Waals surface area contributed by atoms with E-state index in [9.17, 15) is 9.90 Å². The Morgan fingerprint density at radius 3 is 2.72 bits per heavy atom. The Bertz CT molecular complexity index is 588. The maximum absolute atomic E-state index is 11.5. The number of hydrogen-bond acceptors (Lipinski definition) is 2. The van der Waals surface area contributed by atoms with Gasteiger partial charge in [0, 0.05) is 17.1 Å². The van der Waals surface area contributed by atoms with Crippen molar-refractivity contribution in [1.29, 1.82) is 0 Å². The van der Waals surface area contributed by atoms with E-state index in [1.165, 1.54) is 0 Å². The minimum atomic E-state index is -0.920. The SMILES string of the molecule is CCC(C)(C(=O)O)n1ccc2cc(OC)ccc21. The first kappa shape index (κ1) is 12.5. The van der Waals surface area contributed by atoms with Crippen LogP contribution in [0.4, 0.5) is 0 Å². The Morgan fingerprint density at radius 2 is 2.17 bits per heavy atom. The summed E-state index contributed by atoms with van der Waals surface area (Å²) in [5, 5.41) is 10.4. The first-order valence-corrected chi connectivity index (χ1v) is 5.92. The normalized spacial score (nSPS) is 14.4. The van der Waals surface area contributed by atoms with Crippen LogP contribution in [0.2, 0.25) is 0 Å². The summed E-state index contributed by atoms with van der Waals surface area (Å²) in [7, 11) is 1.62. The van der Waals surface area contributed by atoms with Crippen LogP contribution < -0.4 is 4.74 Å². The van der Waals surface area contributed by atoms with Gasteiger partial charge in [0.15, 0.2) is 0 Å². The Labute approximate surface area is 106 Å². The van der Waals surface area contributed by atoms with Crippen LogP contribution in [0, 0.1) is 0 Å². The van der Waals surface area contributed by atoms with E-state index < -0.39 is 11.5 Å². The molecule has 0 radical (unpaired) electrons. The van der Waals surface area contributed by atoms with Gasteiger partial charge in [0.1, 0.15) is 11.3 Å². The number of fused-ring (bicyclic) bond motifs is 1. The van der Waals surface area contributed by atoms with Crippen molar-refractivity contribution < 1.29 is 14.6 Å². The number of benzene rings is 1. The van der Waals surface area contributed by atoms with Crippen LogP contribution in [-0.4, -0.2) is 22.8 Å². The lowest BCUT2D eigenvalue weighted by Gasteiger charge is -2.26. The maximum Gasteiger partial charge on any atom is 0.329 e. The van der Waals surface area contributed by atoms with Crippen molar-refractivity contribution in [1.82, 2.24) is 4.57 Å². The summed E-state index contributed by atoms with van der Waals surface area (Å²) in [6, 6.07) is 7.56. The third kappa shape index (κ3) is 1.74. The predicted octanol–water partition coefficient (Wildman–Crippen LogP) is 2.86. The molecule has 4 nitrogen and oxygen atoms in total. The number of methoxy groups -OCH3 is 1. The lowest BCUT2D eigenvalue weighted by atomic mass is 9.98. The first-order valence-electron chi connectivity index (χ1n) is 5.92. The molecule has 18 heavy (non-hydrogen) atoms. The summed E-state index contributed by atoms with van der Waals surface area (Å²) in [6.45, 7) is 3.61. The monoisotopic (exact) mass is 247 g/mol. The highest BCUT2D eigenvalue weighted by atomic mass is 16.5. The Kier molecular flexibility index (Phi) is 3.03. The molecule has 1 aromatic carbocycles. The van der Waals surface area contributed by atoms with Gasteiger partial charge >= 0.3 is 5.97 Å². The molecule has 1 aromatic heterocycles. The van der Waals surface area contributed by atoms with Gasteiger partial charge in [0.05, 0.1) is 7.11 Å². The number of aliphatic carboxylic acids is 1. The van der Waals surface area contributed by atoms with Crippen molar-refractivity contribution in [2.75, 3.05) is 7.11 Å². The second-order valence-electron chi connectivity index (χ2n) is 4.54. The molecule has 0 aliphatic heterocycles. The number of rotatable bonds is 4. The van der Waals surface area contributed by atoms with Crippen molar-refractivity contribution in [3.8, 4) is 5.75 Å². The summed E-state index contributed by atoms with van der Waals surface area (Å²) in [5.41, 5.74) is -0.0152. The highest BCUT2D eigenvalue weighted by Crippen LogP contribution is 2.29. The average molecular weight is 247 g/mol. The quantitative estimate of drug-likeness (QED) is 0.903. The minimum absolute atomic E-state index is 0.526. The van der Waals surface area contributed by atoms with Gasteiger partial charge in [-0.15, -0.1) is 0 Å². The van der Waals surface area contributed by atoms with Crippen molar-refractivity contribution in [3.63, 3.8) is 0 Å². The highest BCUT2D eigenvalue weighted by Gasteiger charge is 2.33. The van der Waals surface area contributed by atoms with Gasteiger partial charge in [0.2, 0.25) is 0 Å². The summed E-state index contributed by atoms with van der Waals surface area (Å²) in [6.07, 6.45) is 2.35. The maximum atomic E-state index is 11.5. The van der Waals surface area contributed by atoms with Gasteiger partial charge in [0.25, 0.3) is 0 Å². The van der Waals surface area contributed by atoms with Gasteiger partial charge in [-0.25, -0.2) is 4.79 Å². The van der Waals surface area contributed by atoms with Crippen LogP contribution in [0.1, 0.15) is 20.3 Å². The van der Waals surface area contributed by atoms with E-state index in [-0.39, 0.29) is 0 Å². The molecular formula is C14H17NO3. The van der Waals surface area contributed by atoms with Crippen LogP contribution in [0.5, 0.6) is 5.75 Å². The zero-order valence-corrected chi connectivity index (χ0v) is 10.8. The lowest BCUT2D eigenvalue weighted by Crippen LogP contribution is -2.37. The second-order valence-corrected chi connectivity index (χ2v) is 4.54. The van der Waals surface area contributed by atoms with Crippen LogP contribution >= 0.6 is 0 Å². The number of ether oxygens (including phenoxy) is 1. The molecule has 96 valence electrons. The fourth-order valence-electron chi connectivity index (χ4n) is 2.10. The van der Waals surface area contributed by atoms with E-state index in [1.807, 2.05) is 42.0 Å². The van der Waals surface area contributed by atoms with E-state index in [0.717, 1.165) is 16.7 Å². The van der Waals surface area contributed by atoms with Crippen LogP contribution in [-0.2, 0) is 10.3 Å². The van der Waals surface area contributed by atoms with Crippen LogP contribution in [0.25, 0.3) is 10.9 Å². The predicted molar refractivity (Wildman–Crippen MR) is 70.1 cm³/mol. The number of carboxylic acids is 1. The molecule has 2 rings (SSSR count). The third-order valence-corrected chi connectivity index (χ3v) is 3.58. The fraction of sp³-hybridized carbons (Fsp3) is 0.357. The standard InChI is InChI=1S/C14H17NO3/c1-4-14(2,13(16)17)15-8-7-10-9-11(18-3)5-6-12(10)15/h5-9H,4H2,1-3H3,(H,16,17). The molecule has 0 saturated carbocycles. The van der Waals surface area contributed by atoms with E-state index >= 15 is 0 Å². The zero-order chi connectivity index (χ0) is 13.3. The smallest absolute Gasteiger partial charge is 0.329 e. The molecule has 0 aliphatic carbocycles. The molecule has 0 amide bonds. The molecule has 1 N–H and O–H groups in total. The van der Waals surface area contributed by atoms with Gasteiger partial charge in [-0.05, 0) is 37.6 Å². The van der Waals surface area contributed by atoms with Gasteiger partial charge < -0.3 is 14.4 Å². The Balaban J connectivity index is 2.62. The lowest BCUT2D eigenvalue weighted by molar-refractivity contribution is -0.146. The van der Waals surface area contributed by atoms with Crippen molar-refractivity contribution in [2.45, 2.75) is 25.8 Å². The van der Waals surface area contributed by atoms with E-state index in [0.29, 0.717) is 6.42 Å². The van der Waals surface area contributed by atoms with Crippen LogP contribution in [0.15, 0.2) is 30.5 Å². The average Bonchev–Trinajstić information content (AvgIpc) is 2.80. The summed E-state index contributed by atoms with van der Waals surface area (Å²) >= 11 is 0. The van der Waals surface area contributed by atoms with E-state index in [1.54, 1.807) is 14.0 Å². The molecular weight excluding hydrogens is 230 g/mol. The molecule has 4 heteroatoms. The van der Waals surface area contributed by atoms with Crippen molar-refractivity contribution in [2.24, 2.45) is 0 Å². The Morgan fingerprint density at radius 1 is 1.44 bits per heavy atom. The summed E-state index contributed by atoms with van der Waals surface area (Å²) in [4.78, 5) is 11.5. The molecule has 0 fully saturated rings. The second kappa shape index (κ2) is 4.37. The minimum Gasteiger partial charge on any atom is -0.497 e. The topological polar surface area (TPSA) is 51.5 Å². The van der Waals surface area contributed by atoms with Gasteiger partial charge in [-0.3, -0.25) is 0 Å². The Hall–Kier alpha value is -1.97. The molecule has 1 heterocycles. The van der Waals surface area contributed by atoms with Crippen LogP contribution in [0.3, 0.4) is 0 Å². The van der Waals surface area contributed by atoms with Gasteiger partial charge in [-0.1, -0.05) is 6.92 Å². The number of carboxylic acid groups (broad SMARTS) is 1.